The van der Waals surface area contributed by atoms with Crippen molar-refractivity contribution in [2.45, 2.75) is 6.61 Å². The lowest BCUT2D eigenvalue weighted by molar-refractivity contribution is -0.124. The molecule has 1 amide bonds. The summed E-state index contributed by atoms with van der Waals surface area (Å²) < 4.78 is 11.8. The van der Waals surface area contributed by atoms with Crippen molar-refractivity contribution in [3.63, 3.8) is 0 Å². The van der Waals surface area contributed by atoms with Gasteiger partial charge >= 0.3 is 5.97 Å². The standard InChI is InChI=1S/C21H19BrN2O5/c1-24(2)20(25)16(11-23)8-15-9-18(28-3)19(10-17(15)22)29-12-13-4-6-14(7-5-13)21(26)27/h4-10H,12H2,1-3H3,(H,26,27)/b16-8-. The highest BCUT2D eigenvalue weighted by atomic mass is 79.9. The van der Waals surface area contributed by atoms with Gasteiger partial charge in [-0.15, -0.1) is 0 Å². The predicted octanol–water partition coefficient (Wildman–Crippen LogP) is 3.73. The summed E-state index contributed by atoms with van der Waals surface area (Å²) in [5.74, 6) is -0.507. The van der Waals surface area contributed by atoms with Gasteiger partial charge in [0.15, 0.2) is 11.5 Å². The molecule has 0 bridgehead atoms. The molecule has 2 rings (SSSR count). The minimum absolute atomic E-state index is 0.00931. The molecule has 0 unspecified atom stereocenters. The van der Waals surface area contributed by atoms with E-state index in [4.69, 9.17) is 14.6 Å². The van der Waals surface area contributed by atoms with Gasteiger partial charge < -0.3 is 19.5 Å². The van der Waals surface area contributed by atoms with E-state index in [1.54, 1.807) is 38.4 Å². The first-order chi connectivity index (χ1) is 13.8. The highest BCUT2D eigenvalue weighted by molar-refractivity contribution is 9.10. The van der Waals surface area contributed by atoms with Crippen molar-refractivity contribution in [1.29, 1.82) is 5.26 Å². The molecule has 0 heterocycles. The van der Waals surface area contributed by atoms with Crippen LogP contribution in [0.15, 0.2) is 46.4 Å². The monoisotopic (exact) mass is 458 g/mol. The Labute approximate surface area is 176 Å². The van der Waals surface area contributed by atoms with Gasteiger partial charge in [0.1, 0.15) is 18.2 Å². The molecule has 2 aromatic rings. The average molecular weight is 459 g/mol. The van der Waals surface area contributed by atoms with E-state index in [-0.39, 0.29) is 17.7 Å². The normalized spacial score (nSPS) is 10.8. The van der Waals surface area contributed by atoms with Crippen molar-refractivity contribution in [3.8, 4) is 17.6 Å². The Morgan fingerprint density at radius 3 is 2.38 bits per heavy atom. The number of ether oxygens (including phenoxy) is 2. The summed E-state index contributed by atoms with van der Waals surface area (Å²) in [6.45, 7) is 0.209. The zero-order valence-electron chi connectivity index (χ0n) is 16.1. The van der Waals surface area contributed by atoms with E-state index in [0.29, 0.717) is 21.5 Å². The molecule has 8 heteroatoms. The summed E-state index contributed by atoms with van der Waals surface area (Å²) in [7, 11) is 4.63. The summed E-state index contributed by atoms with van der Waals surface area (Å²) >= 11 is 3.43. The van der Waals surface area contributed by atoms with Gasteiger partial charge in [-0.25, -0.2) is 4.79 Å². The summed E-state index contributed by atoms with van der Waals surface area (Å²) in [5, 5.41) is 18.2. The van der Waals surface area contributed by atoms with Crippen molar-refractivity contribution in [2.24, 2.45) is 0 Å². The molecule has 0 aliphatic heterocycles. The number of carbonyl (C=O) groups is 2. The lowest BCUT2D eigenvalue weighted by Crippen LogP contribution is -2.22. The van der Waals surface area contributed by atoms with E-state index in [1.807, 2.05) is 6.07 Å². The fourth-order valence-electron chi connectivity index (χ4n) is 2.38. The first-order valence-corrected chi connectivity index (χ1v) is 9.22. The Morgan fingerprint density at radius 1 is 1.21 bits per heavy atom. The number of nitriles is 1. The third-order valence-corrected chi connectivity index (χ3v) is 4.62. The zero-order valence-corrected chi connectivity index (χ0v) is 17.7. The Hall–Kier alpha value is -3.31. The maximum atomic E-state index is 12.1. The largest absolute Gasteiger partial charge is 0.493 e. The van der Waals surface area contributed by atoms with Crippen LogP contribution in [0.1, 0.15) is 21.5 Å². The molecule has 0 aliphatic carbocycles. The number of amides is 1. The number of halogens is 1. The molecule has 150 valence electrons. The summed E-state index contributed by atoms with van der Waals surface area (Å²) in [6.07, 6.45) is 1.48. The Balaban J connectivity index is 2.27. The number of hydrogen-bond acceptors (Lipinski definition) is 5. The van der Waals surface area contributed by atoms with Gasteiger partial charge in [0.2, 0.25) is 0 Å². The van der Waals surface area contributed by atoms with Crippen LogP contribution in [0, 0.1) is 11.3 Å². The molecule has 0 fully saturated rings. The molecule has 0 aromatic heterocycles. The summed E-state index contributed by atoms with van der Waals surface area (Å²) in [4.78, 5) is 24.3. The van der Waals surface area contributed by atoms with Gasteiger partial charge in [0, 0.05) is 18.6 Å². The molecule has 0 aliphatic rings. The van der Waals surface area contributed by atoms with Gasteiger partial charge in [-0.05, 0) is 41.5 Å². The Bertz CT molecular complexity index is 991. The Morgan fingerprint density at radius 2 is 1.86 bits per heavy atom. The van der Waals surface area contributed by atoms with Gasteiger partial charge in [-0.2, -0.15) is 5.26 Å². The smallest absolute Gasteiger partial charge is 0.335 e. The predicted molar refractivity (Wildman–Crippen MR) is 111 cm³/mol. The van der Waals surface area contributed by atoms with Crippen molar-refractivity contribution in [2.75, 3.05) is 21.2 Å². The van der Waals surface area contributed by atoms with Crippen molar-refractivity contribution >= 4 is 33.9 Å². The second-order valence-corrected chi connectivity index (χ2v) is 7.04. The number of methoxy groups -OCH3 is 1. The minimum Gasteiger partial charge on any atom is -0.493 e. The lowest BCUT2D eigenvalue weighted by Gasteiger charge is -2.14. The number of likely N-dealkylation sites (N-methyl/N-ethyl adjacent to an activating group) is 1. The highest BCUT2D eigenvalue weighted by Crippen LogP contribution is 2.35. The number of carboxylic acids is 1. The van der Waals surface area contributed by atoms with Gasteiger partial charge in [0.25, 0.3) is 5.91 Å². The molecule has 1 N–H and O–H groups in total. The number of carboxylic acid groups (broad SMARTS) is 1. The van der Waals surface area contributed by atoms with Crippen LogP contribution in [0.2, 0.25) is 0 Å². The van der Waals surface area contributed by atoms with Crippen LogP contribution in [0.3, 0.4) is 0 Å². The van der Waals surface area contributed by atoms with Gasteiger partial charge in [0.05, 0.1) is 12.7 Å². The van der Waals surface area contributed by atoms with Crippen LogP contribution in [0.25, 0.3) is 6.08 Å². The van der Waals surface area contributed by atoms with E-state index >= 15 is 0 Å². The van der Waals surface area contributed by atoms with Crippen molar-refractivity contribution in [1.82, 2.24) is 4.90 Å². The second kappa shape index (κ2) is 9.75. The molecular weight excluding hydrogens is 440 g/mol. The molecular formula is C21H19BrN2O5. The number of benzene rings is 2. The third kappa shape index (κ3) is 5.59. The van der Waals surface area contributed by atoms with E-state index in [2.05, 4.69) is 15.9 Å². The maximum Gasteiger partial charge on any atom is 0.335 e. The van der Waals surface area contributed by atoms with E-state index in [1.165, 1.54) is 30.2 Å². The summed E-state index contributed by atoms with van der Waals surface area (Å²) in [6, 6.07) is 11.6. The number of aromatic carboxylic acids is 1. The first-order valence-electron chi connectivity index (χ1n) is 8.42. The highest BCUT2D eigenvalue weighted by Gasteiger charge is 2.15. The van der Waals surface area contributed by atoms with Crippen molar-refractivity contribution < 1.29 is 24.2 Å². The van der Waals surface area contributed by atoms with Gasteiger partial charge in [-0.1, -0.05) is 28.1 Å². The van der Waals surface area contributed by atoms with E-state index < -0.39 is 11.9 Å². The van der Waals surface area contributed by atoms with Crippen LogP contribution in [0.4, 0.5) is 0 Å². The minimum atomic E-state index is -0.990. The molecule has 0 saturated carbocycles. The Kier molecular flexibility index (Phi) is 7.39. The lowest BCUT2D eigenvalue weighted by atomic mass is 10.1. The zero-order chi connectivity index (χ0) is 21.6. The maximum absolute atomic E-state index is 12.1. The van der Waals surface area contributed by atoms with Crippen LogP contribution < -0.4 is 9.47 Å². The first kappa shape index (κ1) is 22.0. The molecule has 0 radical (unpaired) electrons. The number of carbonyl (C=O) groups excluding carboxylic acids is 1. The molecule has 29 heavy (non-hydrogen) atoms. The fraction of sp³-hybridized carbons (Fsp3) is 0.190. The number of hydrogen-bond donors (Lipinski definition) is 1. The third-order valence-electron chi connectivity index (χ3n) is 3.94. The van der Waals surface area contributed by atoms with Crippen LogP contribution in [-0.4, -0.2) is 43.1 Å². The average Bonchev–Trinajstić information content (AvgIpc) is 2.71. The van der Waals surface area contributed by atoms with Gasteiger partial charge in [-0.3, -0.25) is 4.79 Å². The van der Waals surface area contributed by atoms with Crippen LogP contribution in [-0.2, 0) is 11.4 Å². The topological polar surface area (TPSA) is 99.9 Å². The van der Waals surface area contributed by atoms with Crippen LogP contribution >= 0.6 is 15.9 Å². The molecule has 2 aromatic carbocycles. The van der Waals surface area contributed by atoms with Crippen molar-refractivity contribution in [3.05, 3.63) is 63.1 Å². The van der Waals surface area contributed by atoms with Crippen LogP contribution in [0.5, 0.6) is 11.5 Å². The molecule has 7 nitrogen and oxygen atoms in total. The fourth-order valence-corrected chi connectivity index (χ4v) is 2.81. The number of nitrogens with zero attached hydrogens (tertiary/aromatic N) is 2. The quantitative estimate of drug-likeness (QED) is 0.501. The SMILES string of the molecule is COc1cc(/C=C(/C#N)C(=O)N(C)C)c(Br)cc1OCc1ccc(C(=O)O)cc1. The second-order valence-electron chi connectivity index (χ2n) is 6.18. The van der Waals surface area contributed by atoms with E-state index in [9.17, 15) is 14.9 Å². The number of rotatable bonds is 7. The molecule has 0 saturated heterocycles. The molecule has 0 atom stereocenters. The molecule has 0 spiro atoms. The van der Waals surface area contributed by atoms with E-state index in [0.717, 1.165) is 5.56 Å². The summed E-state index contributed by atoms with van der Waals surface area (Å²) in [5.41, 5.74) is 1.57.